The minimum atomic E-state index is -4.45. The summed E-state index contributed by atoms with van der Waals surface area (Å²) in [7, 11) is 0. The molecule has 0 aliphatic heterocycles. The standard InChI is InChI=1S/C24H18Cl4F3NO3/c25-19-12-15(2-8-21(27)28)13-20(26)23(19)34-11-1-10-33-17-4-6-18(7-5-17)35-22-9-3-16(14-32-22)24(29,30)31/h2-9,12-14,21H,1,10-11H2. The first-order chi connectivity index (χ1) is 16.6. The van der Waals surface area contributed by atoms with Gasteiger partial charge >= 0.3 is 6.18 Å². The van der Waals surface area contributed by atoms with E-state index in [9.17, 15) is 13.2 Å². The molecule has 0 radical (unpaired) electrons. The number of rotatable bonds is 10. The Morgan fingerprint density at radius 2 is 1.51 bits per heavy atom. The number of aromatic nitrogens is 1. The molecule has 3 rings (SSSR count). The van der Waals surface area contributed by atoms with E-state index in [0.717, 1.165) is 23.9 Å². The Labute approximate surface area is 220 Å². The molecule has 11 heteroatoms. The third kappa shape index (κ3) is 8.69. The minimum Gasteiger partial charge on any atom is -0.493 e. The number of hydrogen-bond donors (Lipinski definition) is 0. The van der Waals surface area contributed by atoms with Gasteiger partial charge in [-0.3, -0.25) is 0 Å². The molecule has 0 amide bonds. The Bertz CT molecular complexity index is 1120. The van der Waals surface area contributed by atoms with Gasteiger partial charge in [0, 0.05) is 18.7 Å². The fourth-order valence-corrected chi connectivity index (χ4v) is 3.51. The second-order valence-corrected chi connectivity index (χ2v) is 8.99. The predicted octanol–water partition coefficient (Wildman–Crippen LogP) is 8.86. The Morgan fingerprint density at radius 1 is 0.886 bits per heavy atom. The number of halogens is 7. The molecule has 0 spiro atoms. The molecular formula is C24H18Cl4F3NO3. The summed E-state index contributed by atoms with van der Waals surface area (Å²) in [6.45, 7) is 0.685. The summed E-state index contributed by atoms with van der Waals surface area (Å²) in [5, 5.41) is 0.716. The quantitative estimate of drug-likeness (QED) is 0.181. The normalized spacial score (nSPS) is 11.8. The second-order valence-electron chi connectivity index (χ2n) is 7.01. The number of alkyl halides is 5. The molecular weight excluding hydrogens is 549 g/mol. The van der Waals surface area contributed by atoms with Crippen molar-refractivity contribution in [1.29, 1.82) is 0 Å². The summed E-state index contributed by atoms with van der Waals surface area (Å²) in [5.74, 6) is 1.41. The van der Waals surface area contributed by atoms with Gasteiger partial charge in [0.05, 0.1) is 28.8 Å². The number of allylic oxidation sites excluding steroid dienone is 1. The molecule has 0 bridgehead atoms. The van der Waals surface area contributed by atoms with E-state index < -0.39 is 16.6 Å². The zero-order chi connectivity index (χ0) is 25.4. The van der Waals surface area contributed by atoms with Gasteiger partial charge in [-0.25, -0.2) is 4.98 Å². The van der Waals surface area contributed by atoms with Crippen molar-refractivity contribution >= 4 is 52.5 Å². The maximum Gasteiger partial charge on any atom is 0.417 e. The summed E-state index contributed by atoms with van der Waals surface area (Å²) >= 11 is 23.9. The van der Waals surface area contributed by atoms with Crippen LogP contribution in [0.15, 0.2) is 60.8 Å². The van der Waals surface area contributed by atoms with E-state index in [0.29, 0.717) is 46.9 Å². The summed E-state index contributed by atoms with van der Waals surface area (Å²) in [5.41, 5.74) is -0.105. The van der Waals surface area contributed by atoms with E-state index in [4.69, 9.17) is 60.6 Å². The Kier molecular flexibility index (Phi) is 9.80. The highest BCUT2D eigenvalue weighted by Crippen LogP contribution is 2.35. The number of ether oxygens (including phenoxy) is 3. The van der Waals surface area contributed by atoms with Gasteiger partial charge in [-0.05, 0) is 48.0 Å². The third-order valence-electron chi connectivity index (χ3n) is 4.37. The Morgan fingerprint density at radius 3 is 2.09 bits per heavy atom. The largest absolute Gasteiger partial charge is 0.493 e. The van der Waals surface area contributed by atoms with Crippen molar-refractivity contribution in [3.05, 3.63) is 82.0 Å². The Balaban J connectivity index is 1.43. The number of benzene rings is 2. The molecule has 35 heavy (non-hydrogen) atoms. The van der Waals surface area contributed by atoms with Gasteiger partial charge < -0.3 is 14.2 Å². The van der Waals surface area contributed by atoms with Crippen LogP contribution in [0.4, 0.5) is 13.2 Å². The molecule has 0 aliphatic carbocycles. The van der Waals surface area contributed by atoms with Crippen LogP contribution in [0, 0.1) is 0 Å². The molecule has 0 unspecified atom stereocenters. The zero-order valence-electron chi connectivity index (χ0n) is 17.9. The van der Waals surface area contributed by atoms with Crippen molar-refractivity contribution in [1.82, 2.24) is 4.98 Å². The van der Waals surface area contributed by atoms with Crippen LogP contribution in [-0.4, -0.2) is 23.0 Å². The van der Waals surface area contributed by atoms with Crippen LogP contribution in [0.2, 0.25) is 10.0 Å². The maximum absolute atomic E-state index is 12.6. The van der Waals surface area contributed by atoms with Crippen LogP contribution >= 0.6 is 46.4 Å². The predicted molar refractivity (Wildman–Crippen MR) is 132 cm³/mol. The molecule has 0 atom stereocenters. The van der Waals surface area contributed by atoms with Crippen molar-refractivity contribution in [2.24, 2.45) is 0 Å². The molecule has 2 aromatic carbocycles. The third-order valence-corrected chi connectivity index (χ3v) is 5.22. The lowest BCUT2D eigenvalue weighted by atomic mass is 10.2. The first kappa shape index (κ1) is 27.3. The van der Waals surface area contributed by atoms with E-state index in [1.807, 2.05) is 0 Å². The summed E-state index contributed by atoms with van der Waals surface area (Å²) in [4.78, 5) is 3.04. The number of pyridine rings is 1. The van der Waals surface area contributed by atoms with E-state index in [2.05, 4.69) is 4.98 Å². The zero-order valence-corrected chi connectivity index (χ0v) is 20.9. The first-order valence-electron chi connectivity index (χ1n) is 10.1. The summed E-state index contributed by atoms with van der Waals surface area (Å²) in [6.07, 6.45) is 0.124. The summed E-state index contributed by atoms with van der Waals surface area (Å²) in [6, 6.07) is 12.0. The average molecular weight is 567 g/mol. The van der Waals surface area contributed by atoms with Crippen molar-refractivity contribution in [2.45, 2.75) is 17.4 Å². The highest BCUT2D eigenvalue weighted by atomic mass is 35.5. The van der Waals surface area contributed by atoms with Crippen LogP contribution in [0.1, 0.15) is 17.5 Å². The lowest BCUT2D eigenvalue weighted by molar-refractivity contribution is -0.137. The van der Waals surface area contributed by atoms with Gasteiger partial charge in [-0.15, -0.1) is 23.2 Å². The van der Waals surface area contributed by atoms with Gasteiger partial charge in [-0.1, -0.05) is 35.4 Å². The van der Waals surface area contributed by atoms with E-state index in [-0.39, 0.29) is 5.88 Å². The van der Waals surface area contributed by atoms with E-state index >= 15 is 0 Å². The fourth-order valence-electron chi connectivity index (χ4n) is 2.75. The molecule has 1 aromatic heterocycles. The van der Waals surface area contributed by atoms with Crippen LogP contribution in [0.25, 0.3) is 6.08 Å². The van der Waals surface area contributed by atoms with Gasteiger partial charge in [-0.2, -0.15) is 13.2 Å². The topological polar surface area (TPSA) is 40.6 Å². The van der Waals surface area contributed by atoms with E-state index in [1.54, 1.807) is 48.6 Å². The minimum absolute atomic E-state index is 0.0486. The average Bonchev–Trinajstić information content (AvgIpc) is 2.80. The molecule has 186 valence electrons. The monoisotopic (exact) mass is 565 g/mol. The molecule has 0 fully saturated rings. The van der Waals surface area contributed by atoms with Gasteiger partial charge in [0.1, 0.15) is 16.3 Å². The number of nitrogens with zero attached hydrogens (tertiary/aromatic N) is 1. The van der Waals surface area contributed by atoms with Crippen molar-refractivity contribution < 1.29 is 27.4 Å². The maximum atomic E-state index is 12.6. The first-order valence-corrected chi connectivity index (χ1v) is 11.8. The molecule has 1 heterocycles. The van der Waals surface area contributed by atoms with E-state index in [1.165, 1.54) is 0 Å². The van der Waals surface area contributed by atoms with Crippen molar-refractivity contribution in [2.75, 3.05) is 13.2 Å². The van der Waals surface area contributed by atoms with Gasteiger partial charge in [0.15, 0.2) is 5.75 Å². The molecule has 3 aromatic rings. The highest BCUT2D eigenvalue weighted by Gasteiger charge is 2.30. The fraction of sp³-hybridized carbons (Fsp3) is 0.208. The van der Waals surface area contributed by atoms with Crippen LogP contribution in [0.3, 0.4) is 0 Å². The Hall–Kier alpha value is -2.32. The van der Waals surface area contributed by atoms with Crippen LogP contribution < -0.4 is 14.2 Å². The molecule has 0 saturated heterocycles. The highest BCUT2D eigenvalue weighted by molar-refractivity contribution is 6.45. The van der Waals surface area contributed by atoms with Gasteiger partial charge in [0.25, 0.3) is 0 Å². The lowest BCUT2D eigenvalue weighted by Crippen LogP contribution is -2.05. The van der Waals surface area contributed by atoms with Crippen LogP contribution in [-0.2, 0) is 6.18 Å². The van der Waals surface area contributed by atoms with Crippen LogP contribution in [0.5, 0.6) is 23.1 Å². The lowest BCUT2D eigenvalue weighted by Gasteiger charge is -2.12. The smallest absolute Gasteiger partial charge is 0.417 e. The molecule has 0 saturated carbocycles. The van der Waals surface area contributed by atoms with Crippen molar-refractivity contribution in [3.63, 3.8) is 0 Å². The molecule has 0 aliphatic rings. The summed E-state index contributed by atoms with van der Waals surface area (Å²) < 4.78 is 54.6. The molecule has 4 nitrogen and oxygen atoms in total. The number of hydrogen-bond acceptors (Lipinski definition) is 4. The molecule has 0 N–H and O–H groups in total. The van der Waals surface area contributed by atoms with Gasteiger partial charge in [0.2, 0.25) is 5.88 Å². The second kappa shape index (κ2) is 12.6. The SMILES string of the molecule is FC(F)(F)c1ccc(Oc2ccc(OCCCOc3c(Cl)cc(C=CC(Cl)Cl)cc3Cl)cc2)nc1. The van der Waals surface area contributed by atoms with Crippen molar-refractivity contribution in [3.8, 4) is 23.1 Å².